The van der Waals surface area contributed by atoms with Crippen LogP contribution in [-0.2, 0) is 0 Å². The second-order valence-corrected chi connectivity index (χ2v) is 9.63. The molecule has 2 heteroatoms. The minimum Gasteiger partial charge on any atom is -0.275 e. The molecule has 0 atom stereocenters. The lowest BCUT2D eigenvalue weighted by Gasteiger charge is -2.12. The zero-order valence-electron chi connectivity index (χ0n) is 20.4. The fourth-order valence-electron chi connectivity index (χ4n) is 5.87. The van der Waals surface area contributed by atoms with Gasteiger partial charge in [0.05, 0.1) is 11.0 Å². The van der Waals surface area contributed by atoms with Crippen LogP contribution in [0.5, 0.6) is 0 Å². The third kappa shape index (κ3) is 2.82. The van der Waals surface area contributed by atoms with E-state index in [0.717, 1.165) is 49.9 Å². The van der Waals surface area contributed by atoms with Crippen LogP contribution in [0.25, 0.3) is 65.9 Å². The molecule has 0 aliphatic heterocycles. The molecule has 0 saturated carbocycles. The second-order valence-electron chi connectivity index (χ2n) is 9.63. The number of hydrogen-bond acceptors (Lipinski definition) is 1. The van der Waals surface area contributed by atoms with Gasteiger partial charge < -0.3 is 0 Å². The van der Waals surface area contributed by atoms with Gasteiger partial charge in [-0.25, -0.2) is 0 Å². The summed E-state index contributed by atoms with van der Waals surface area (Å²) in [5, 5.41) is 7.63. The average molecular weight is 464 g/mol. The van der Waals surface area contributed by atoms with Crippen molar-refractivity contribution < 1.29 is 0 Å². The Hall–Kier alpha value is -4.43. The summed E-state index contributed by atoms with van der Waals surface area (Å²) in [5.74, 6) is 0. The van der Waals surface area contributed by atoms with Crippen molar-refractivity contribution in [2.24, 2.45) is 0 Å². The van der Waals surface area contributed by atoms with Crippen LogP contribution in [0.1, 0.15) is 24.5 Å². The highest BCUT2D eigenvalue weighted by Gasteiger charge is 2.20. The molecule has 0 aliphatic carbocycles. The van der Waals surface area contributed by atoms with E-state index in [4.69, 9.17) is 0 Å². The van der Waals surface area contributed by atoms with Crippen molar-refractivity contribution >= 4 is 54.8 Å². The Morgan fingerprint density at radius 3 is 2.33 bits per heavy atom. The molecule has 2 heterocycles. The van der Waals surface area contributed by atoms with Crippen LogP contribution < -0.4 is 5.56 Å². The van der Waals surface area contributed by atoms with Crippen LogP contribution in [0, 0.1) is 6.92 Å². The van der Waals surface area contributed by atoms with Crippen LogP contribution >= 0.6 is 0 Å². The van der Waals surface area contributed by atoms with E-state index in [9.17, 15) is 4.79 Å². The fourth-order valence-corrected chi connectivity index (χ4v) is 5.87. The van der Waals surface area contributed by atoms with E-state index in [1.54, 1.807) is 0 Å². The molecule has 0 amide bonds. The molecule has 0 aliphatic rings. The molecular weight excluding hydrogens is 438 g/mol. The maximum Gasteiger partial charge on any atom is 0.263 e. The van der Waals surface area contributed by atoms with Gasteiger partial charge in [0.2, 0.25) is 0 Å². The first-order valence-corrected chi connectivity index (χ1v) is 12.6. The van der Waals surface area contributed by atoms with Crippen LogP contribution in [0.4, 0.5) is 0 Å². The molecule has 0 spiro atoms. The first-order valence-electron chi connectivity index (χ1n) is 12.6. The van der Waals surface area contributed by atoms with Gasteiger partial charge in [0.25, 0.3) is 5.56 Å². The van der Waals surface area contributed by atoms with Crippen molar-refractivity contribution in [1.29, 1.82) is 0 Å². The first-order chi connectivity index (χ1) is 17.7. The van der Waals surface area contributed by atoms with Crippen LogP contribution in [0.2, 0.25) is 0 Å². The van der Waals surface area contributed by atoms with Gasteiger partial charge in [-0.15, -0.1) is 0 Å². The van der Waals surface area contributed by atoms with E-state index in [0.29, 0.717) is 0 Å². The molecule has 172 valence electrons. The lowest BCUT2D eigenvalue weighted by molar-refractivity contribution is 1.21. The first kappa shape index (κ1) is 20.9. The van der Waals surface area contributed by atoms with E-state index in [1.165, 1.54) is 27.5 Å². The minimum absolute atomic E-state index is 0.0441. The Bertz CT molecular complexity index is 2060. The van der Waals surface area contributed by atoms with Crippen LogP contribution in [0.15, 0.2) is 102 Å². The highest BCUT2D eigenvalue weighted by atomic mass is 16.1. The van der Waals surface area contributed by atoms with Crippen molar-refractivity contribution in [1.82, 2.24) is 4.40 Å². The van der Waals surface area contributed by atoms with Gasteiger partial charge in [-0.2, -0.15) is 0 Å². The molecule has 7 aromatic rings. The van der Waals surface area contributed by atoms with E-state index < -0.39 is 0 Å². The number of benzene rings is 5. The minimum atomic E-state index is 0.0441. The van der Waals surface area contributed by atoms with E-state index in [1.807, 2.05) is 28.7 Å². The highest BCUT2D eigenvalue weighted by Crippen LogP contribution is 2.41. The van der Waals surface area contributed by atoms with Gasteiger partial charge in [0.1, 0.15) is 0 Å². The topological polar surface area (TPSA) is 21.5 Å². The Balaban J connectivity index is 1.64. The van der Waals surface area contributed by atoms with Crippen molar-refractivity contribution in [2.75, 3.05) is 0 Å². The highest BCUT2D eigenvalue weighted by molar-refractivity contribution is 6.24. The van der Waals surface area contributed by atoms with Crippen molar-refractivity contribution in [3.63, 3.8) is 0 Å². The maximum absolute atomic E-state index is 13.7. The van der Waals surface area contributed by atoms with Gasteiger partial charge in [-0.05, 0) is 70.0 Å². The van der Waals surface area contributed by atoms with Crippen LogP contribution in [-0.4, -0.2) is 4.40 Å². The number of hydrogen-bond donors (Lipinski definition) is 0. The summed E-state index contributed by atoms with van der Waals surface area (Å²) in [6.45, 7) is 4.34. The SMILES string of the molecule is CC/C=C\c1c(C)ccc2ccc(-c3ccc4c5ccccc5c(=O)n5c6ccccc6c3c45)cc12. The van der Waals surface area contributed by atoms with Gasteiger partial charge in [0, 0.05) is 21.5 Å². The second kappa shape index (κ2) is 7.79. The van der Waals surface area contributed by atoms with Gasteiger partial charge in [-0.1, -0.05) is 91.9 Å². The Morgan fingerprint density at radius 1 is 0.750 bits per heavy atom. The normalized spacial score (nSPS) is 12.3. The number of fused-ring (bicyclic) bond motifs is 6. The molecular formula is C34H25NO. The Kier molecular flexibility index (Phi) is 4.52. The molecule has 0 unspecified atom stereocenters. The monoisotopic (exact) mass is 463 g/mol. The lowest BCUT2D eigenvalue weighted by atomic mass is 9.92. The molecule has 5 aromatic carbocycles. The maximum atomic E-state index is 13.7. The molecule has 0 bridgehead atoms. The van der Waals surface area contributed by atoms with Crippen molar-refractivity contribution in [3.05, 3.63) is 119 Å². The zero-order valence-corrected chi connectivity index (χ0v) is 20.4. The number of aromatic nitrogens is 1. The molecule has 0 fully saturated rings. The number of nitrogens with zero attached hydrogens (tertiary/aromatic N) is 1. The molecule has 2 aromatic heterocycles. The van der Waals surface area contributed by atoms with E-state index in [2.05, 4.69) is 92.7 Å². The van der Waals surface area contributed by atoms with Crippen molar-refractivity contribution in [2.45, 2.75) is 20.3 Å². The Morgan fingerprint density at radius 2 is 1.50 bits per heavy atom. The third-order valence-corrected chi connectivity index (χ3v) is 7.58. The number of allylic oxidation sites excluding steroid dienone is 1. The fraction of sp³-hybridized carbons (Fsp3) is 0.0882. The summed E-state index contributed by atoms with van der Waals surface area (Å²) in [5.41, 5.74) is 6.89. The smallest absolute Gasteiger partial charge is 0.263 e. The largest absolute Gasteiger partial charge is 0.275 e. The predicted octanol–water partition coefficient (Wildman–Crippen LogP) is 8.75. The number of rotatable bonds is 3. The average Bonchev–Trinajstić information content (AvgIpc) is 3.27. The summed E-state index contributed by atoms with van der Waals surface area (Å²) in [6, 6.07) is 31.8. The standard InChI is InChI=1S/C34H25NO/c1-3-4-9-24-21(2)14-15-22-16-17-23(20-30(22)24)25-18-19-27-26-10-5-6-11-28(26)34(36)35-31-13-8-7-12-29(31)32(25)33(27)35/h4-20H,3H2,1-2H3/b9-4-. The van der Waals surface area contributed by atoms with Gasteiger partial charge >= 0.3 is 0 Å². The zero-order chi connectivity index (χ0) is 24.4. The number of aryl methyl sites for hydroxylation is 1. The van der Waals surface area contributed by atoms with E-state index >= 15 is 0 Å². The lowest BCUT2D eigenvalue weighted by Crippen LogP contribution is -2.12. The number of para-hydroxylation sites is 1. The van der Waals surface area contributed by atoms with E-state index in [-0.39, 0.29) is 5.56 Å². The molecule has 36 heavy (non-hydrogen) atoms. The summed E-state index contributed by atoms with van der Waals surface area (Å²) in [4.78, 5) is 13.7. The Labute approximate surface area is 209 Å². The number of pyridine rings is 1. The summed E-state index contributed by atoms with van der Waals surface area (Å²) in [7, 11) is 0. The summed E-state index contributed by atoms with van der Waals surface area (Å²) >= 11 is 0. The van der Waals surface area contributed by atoms with Crippen LogP contribution in [0.3, 0.4) is 0 Å². The summed E-state index contributed by atoms with van der Waals surface area (Å²) in [6.07, 6.45) is 5.48. The molecule has 2 nitrogen and oxygen atoms in total. The molecule has 0 N–H and O–H groups in total. The van der Waals surface area contributed by atoms with Crippen molar-refractivity contribution in [3.8, 4) is 11.1 Å². The molecule has 0 saturated heterocycles. The van der Waals surface area contributed by atoms with Gasteiger partial charge in [-0.3, -0.25) is 9.20 Å². The van der Waals surface area contributed by atoms with Gasteiger partial charge in [0.15, 0.2) is 0 Å². The molecule has 0 radical (unpaired) electrons. The third-order valence-electron chi connectivity index (χ3n) is 7.58. The quantitative estimate of drug-likeness (QED) is 0.240. The summed E-state index contributed by atoms with van der Waals surface area (Å²) < 4.78 is 1.92. The predicted molar refractivity (Wildman–Crippen MR) is 154 cm³/mol. The molecule has 7 rings (SSSR count).